The van der Waals surface area contributed by atoms with Crippen molar-refractivity contribution in [2.75, 3.05) is 10.5 Å². The van der Waals surface area contributed by atoms with E-state index in [-0.39, 0.29) is 17.7 Å². The smallest absolute Gasteiger partial charge is 0.256 e. The van der Waals surface area contributed by atoms with Crippen LogP contribution in [0.3, 0.4) is 0 Å². The van der Waals surface area contributed by atoms with E-state index in [0.29, 0.717) is 30.1 Å². The van der Waals surface area contributed by atoms with Gasteiger partial charge < -0.3 is 4.90 Å². The predicted octanol–water partition coefficient (Wildman–Crippen LogP) is 3.36. The quantitative estimate of drug-likeness (QED) is 0.795. The number of hydrogen-bond acceptors (Lipinski definition) is 3. The van der Waals surface area contributed by atoms with Crippen LogP contribution in [0.25, 0.3) is 0 Å². The summed E-state index contributed by atoms with van der Waals surface area (Å²) in [5.74, 6) is 0.558. The van der Waals surface area contributed by atoms with Gasteiger partial charge in [-0.25, -0.2) is 8.42 Å². The van der Waals surface area contributed by atoms with Crippen LogP contribution in [0.2, 0.25) is 0 Å². The maximum atomic E-state index is 12.8. The summed E-state index contributed by atoms with van der Waals surface area (Å²) in [5.41, 5.74) is 1.77. The largest absolute Gasteiger partial charge is 0.331 e. The van der Waals surface area contributed by atoms with Crippen molar-refractivity contribution in [3.8, 4) is 0 Å². The van der Waals surface area contributed by atoms with Gasteiger partial charge in [0.25, 0.3) is 5.91 Å². The molecule has 1 fully saturated rings. The molecule has 1 aliphatic heterocycles. The number of anilines is 1. The summed E-state index contributed by atoms with van der Waals surface area (Å²) in [6, 6.07) is 3.79. The Labute approximate surface area is 145 Å². The van der Waals surface area contributed by atoms with Crippen LogP contribution in [0.5, 0.6) is 0 Å². The van der Waals surface area contributed by atoms with E-state index in [4.69, 9.17) is 0 Å². The average Bonchev–Trinajstić information content (AvgIpc) is 3.22. The third-order valence-electron chi connectivity index (χ3n) is 4.53. The summed E-state index contributed by atoms with van der Waals surface area (Å²) < 4.78 is 27.6. The molecule has 0 spiro atoms. The zero-order valence-corrected chi connectivity index (χ0v) is 15.7. The van der Waals surface area contributed by atoms with Crippen LogP contribution >= 0.6 is 15.9 Å². The molecule has 1 heterocycles. The Morgan fingerprint density at radius 1 is 1.39 bits per heavy atom. The first-order valence-corrected chi connectivity index (χ1v) is 10.4. The van der Waals surface area contributed by atoms with E-state index in [1.165, 1.54) is 12.8 Å². The molecule has 0 aromatic heterocycles. The zero-order chi connectivity index (χ0) is 16.8. The van der Waals surface area contributed by atoms with Crippen molar-refractivity contribution in [2.24, 2.45) is 5.92 Å². The van der Waals surface area contributed by atoms with Crippen LogP contribution in [0.4, 0.5) is 5.69 Å². The topological polar surface area (TPSA) is 66.5 Å². The van der Waals surface area contributed by atoms with E-state index < -0.39 is 10.0 Å². The molecule has 0 bridgehead atoms. The lowest BCUT2D eigenvalue weighted by Crippen LogP contribution is -2.35. The lowest BCUT2D eigenvalue weighted by molar-refractivity contribution is 0.0698. The maximum Gasteiger partial charge on any atom is 0.256 e. The highest BCUT2D eigenvalue weighted by atomic mass is 79.9. The van der Waals surface area contributed by atoms with Gasteiger partial charge in [-0.3, -0.25) is 9.52 Å². The molecule has 0 radical (unpaired) electrons. The highest BCUT2D eigenvalue weighted by Crippen LogP contribution is 2.40. The van der Waals surface area contributed by atoms with Crippen molar-refractivity contribution < 1.29 is 13.2 Å². The van der Waals surface area contributed by atoms with Crippen molar-refractivity contribution in [3.63, 3.8) is 0 Å². The summed E-state index contributed by atoms with van der Waals surface area (Å²) in [7, 11) is -3.43. The number of hydrogen-bond donors (Lipinski definition) is 1. The SMILES string of the molecule is CCCS(=O)(=O)Nc1cc(Br)cc2c1C(=O)N(C(C)C1CC1)C2. The van der Waals surface area contributed by atoms with Crippen molar-refractivity contribution in [1.29, 1.82) is 0 Å². The molecule has 126 valence electrons. The number of benzene rings is 1. The van der Waals surface area contributed by atoms with Gasteiger partial charge in [-0.05, 0) is 49.8 Å². The molecule has 0 saturated heterocycles. The molecule has 2 aliphatic rings. The van der Waals surface area contributed by atoms with Gasteiger partial charge in [0.05, 0.1) is 17.0 Å². The standard InChI is InChI=1S/C16H21BrN2O3S/c1-3-6-23(21,22)18-14-8-13(17)7-12-9-19(16(20)15(12)14)10(2)11-4-5-11/h7-8,10-11,18H,3-6,9H2,1-2H3. The molecule has 1 saturated carbocycles. The minimum Gasteiger partial charge on any atom is -0.331 e. The van der Waals surface area contributed by atoms with E-state index in [2.05, 4.69) is 27.6 Å². The molecule has 1 atom stereocenters. The van der Waals surface area contributed by atoms with Crippen LogP contribution < -0.4 is 4.72 Å². The Hall–Kier alpha value is -1.08. The van der Waals surface area contributed by atoms with Crippen molar-refractivity contribution in [1.82, 2.24) is 4.90 Å². The number of rotatable bonds is 6. The molecular formula is C16H21BrN2O3S. The number of carbonyl (C=O) groups is 1. The highest BCUT2D eigenvalue weighted by Gasteiger charge is 2.40. The molecule has 7 heteroatoms. The van der Waals surface area contributed by atoms with E-state index in [0.717, 1.165) is 10.0 Å². The van der Waals surface area contributed by atoms with E-state index >= 15 is 0 Å². The predicted molar refractivity (Wildman–Crippen MR) is 93.9 cm³/mol. The molecule has 23 heavy (non-hydrogen) atoms. The number of nitrogens with one attached hydrogen (secondary N) is 1. The van der Waals surface area contributed by atoms with E-state index in [1.54, 1.807) is 6.07 Å². The Kier molecular flexibility index (Phi) is 4.44. The zero-order valence-electron chi connectivity index (χ0n) is 13.3. The molecular weight excluding hydrogens is 380 g/mol. The number of amides is 1. The van der Waals surface area contributed by atoms with Crippen LogP contribution in [0.1, 0.15) is 49.0 Å². The fourth-order valence-electron chi connectivity index (χ4n) is 3.17. The van der Waals surface area contributed by atoms with Crippen LogP contribution in [0.15, 0.2) is 16.6 Å². The Morgan fingerprint density at radius 2 is 2.09 bits per heavy atom. The average molecular weight is 401 g/mol. The number of nitrogens with zero attached hydrogens (tertiary/aromatic N) is 1. The summed E-state index contributed by atoms with van der Waals surface area (Å²) in [5, 5.41) is 0. The fourth-order valence-corrected chi connectivity index (χ4v) is 4.81. The number of halogens is 1. The minimum absolute atomic E-state index is 0.0463. The lowest BCUT2D eigenvalue weighted by Gasteiger charge is -2.24. The maximum absolute atomic E-state index is 12.8. The second-order valence-electron chi connectivity index (χ2n) is 6.42. The normalized spacial score (nSPS) is 18.9. The first-order valence-electron chi connectivity index (χ1n) is 7.96. The molecule has 1 aromatic rings. The van der Waals surface area contributed by atoms with Crippen molar-refractivity contribution in [2.45, 2.75) is 45.7 Å². The summed E-state index contributed by atoms with van der Waals surface area (Å²) in [4.78, 5) is 14.7. The molecule has 1 unspecified atom stereocenters. The highest BCUT2D eigenvalue weighted by molar-refractivity contribution is 9.10. The van der Waals surface area contributed by atoms with Gasteiger partial charge >= 0.3 is 0 Å². The Balaban J connectivity index is 1.94. The summed E-state index contributed by atoms with van der Waals surface area (Å²) in [6.45, 7) is 4.44. The van der Waals surface area contributed by atoms with Gasteiger partial charge in [-0.1, -0.05) is 22.9 Å². The van der Waals surface area contributed by atoms with Crippen LogP contribution in [-0.2, 0) is 16.6 Å². The molecule has 1 amide bonds. The second kappa shape index (κ2) is 6.09. The lowest BCUT2D eigenvalue weighted by atomic mass is 10.1. The molecule has 5 nitrogen and oxygen atoms in total. The molecule has 1 aliphatic carbocycles. The Morgan fingerprint density at radius 3 is 2.70 bits per heavy atom. The third kappa shape index (κ3) is 3.40. The Bertz CT molecular complexity index is 744. The number of carbonyl (C=O) groups excluding carboxylic acids is 1. The summed E-state index contributed by atoms with van der Waals surface area (Å²) >= 11 is 3.42. The van der Waals surface area contributed by atoms with Gasteiger partial charge in [0.1, 0.15) is 0 Å². The van der Waals surface area contributed by atoms with E-state index in [1.807, 2.05) is 17.9 Å². The third-order valence-corrected chi connectivity index (χ3v) is 6.47. The minimum atomic E-state index is -3.43. The van der Waals surface area contributed by atoms with Gasteiger partial charge in [0.2, 0.25) is 10.0 Å². The fraction of sp³-hybridized carbons (Fsp3) is 0.562. The first-order chi connectivity index (χ1) is 10.8. The number of fused-ring (bicyclic) bond motifs is 1. The molecule has 1 aromatic carbocycles. The van der Waals surface area contributed by atoms with Gasteiger partial charge in [-0.2, -0.15) is 0 Å². The second-order valence-corrected chi connectivity index (χ2v) is 9.18. The van der Waals surface area contributed by atoms with Gasteiger partial charge in [0.15, 0.2) is 0 Å². The first kappa shape index (κ1) is 16.8. The monoisotopic (exact) mass is 400 g/mol. The van der Waals surface area contributed by atoms with Crippen LogP contribution in [-0.4, -0.2) is 31.0 Å². The van der Waals surface area contributed by atoms with Crippen LogP contribution in [0, 0.1) is 5.92 Å². The van der Waals surface area contributed by atoms with E-state index in [9.17, 15) is 13.2 Å². The summed E-state index contributed by atoms with van der Waals surface area (Å²) in [6.07, 6.45) is 2.87. The molecule has 1 N–H and O–H groups in total. The van der Waals surface area contributed by atoms with Crippen molar-refractivity contribution >= 4 is 37.5 Å². The van der Waals surface area contributed by atoms with Gasteiger partial charge in [0, 0.05) is 17.1 Å². The van der Waals surface area contributed by atoms with Gasteiger partial charge in [-0.15, -0.1) is 0 Å². The van der Waals surface area contributed by atoms with Crippen molar-refractivity contribution in [3.05, 3.63) is 27.7 Å². The molecule has 3 rings (SSSR count). The number of sulfonamides is 1.